The Bertz CT molecular complexity index is 1760. The van der Waals surface area contributed by atoms with E-state index in [2.05, 4.69) is 0 Å². The summed E-state index contributed by atoms with van der Waals surface area (Å²) in [6, 6.07) is -0.759. The minimum atomic E-state index is -3.96. The van der Waals surface area contributed by atoms with Gasteiger partial charge in [-0.1, -0.05) is 20.8 Å². The van der Waals surface area contributed by atoms with Gasteiger partial charge in [-0.05, 0) is 18.1 Å². The molecule has 0 unspecified atom stereocenters. The molecular weight excluding hydrogens is 620 g/mol. The second-order valence-corrected chi connectivity index (χ2v) is 14.2. The van der Waals surface area contributed by atoms with Crippen molar-refractivity contribution in [2.45, 2.75) is 38.9 Å². The van der Waals surface area contributed by atoms with Crippen LogP contribution in [0.15, 0.2) is 0 Å². The highest BCUT2D eigenvalue weighted by atomic mass is 28.3. The van der Waals surface area contributed by atoms with Crippen LogP contribution in [0.1, 0.15) is 20.8 Å². The van der Waals surface area contributed by atoms with Crippen LogP contribution in [0.2, 0.25) is 18.1 Å². The predicted octanol–water partition coefficient (Wildman–Crippen LogP) is 10.1. The van der Waals surface area contributed by atoms with E-state index in [1.165, 1.54) is 20.8 Å². The molecule has 0 bridgehead atoms. The molecule has 0 N–H and O–H groups in total. The second-order valence-electron chi connectivity index (χ2n) is 9.21. The molecule has 0 atom stereocenters. The van der Waals surface area contributed by atoms with Crippen LogP contribution in [0.5, 0.6) is 0 Å². The minimum Gasteiger partial charge on any atom is -0.359 e. The average Bonchev–Trinajstić information content (AvgIpc) is 2.97. The van der Waals surface area contributed by atoms with Crippen LogP contribution in [0.25, 0.3) is 21.5 Å². The van der Waals surface area contributed by atoms with Crippen molar-refractivity contribution >= 4 is 41.2 Å². The monoisotopic (exact) mass is 635 g/mol. The Morgan fingerprint density at radius 1 is 0.333 bits per heavy atom. The van der Waals surface area contributed by atoms with E-state index in [0.29, 0.717) is 0 Å². The fourth-order valence-corrected chi connectivity index (χ4v) is 8.94. The van der Waals surface area contributed by atoms with Crippen LogP contribution >= 0.6 is 0 Å². The van der Waals surface area contributed by atoms with Crippen molar-refractivity contribution in [3.05, 3.63) is 81.4 Å². The quantitative estimate of drug-likeness (QED) is 0.0670. The number of halogens is 14. The first kappa shape index (κ1) is 31.4. The summed E-state index contributed by atoms with van der Waals surface area (Å²) in [4.78, 5) is 0. The van der Waals surface area contributed by atoms with Crippen molar-refractivity contribution in [1.29, 1.82) is 0 Å². The summed E-state index contributed by atoms with van der Waals surface area (Å²) in [5.74, 6) is -36.0. The lowest BCUT2D eigenvalue weighted by molar-refractivity contribution is 0.380. The number of fused-ring (bicyclic) bond motifs is 2. The Hall–Kier alpha value is -3.56. The van der Waals surface area contributed by atoms with Crippen molar-refractivity contribution in [1.82, 2.24) is 0 Å². The van der Waals surface area contributed by atoms with Crippen LogP contribution in [-0.4, -0.2) is 8.24 Å². The lowest BCUT2D eigenvalue weighted by Gasteiger charge is -2.43. The maximum atomic E-state index is 16.2. The van der Waals surface area contributed by atoms with Gasteiger partial charge in [0.2, 0.25) is 5.82 Å². The largest absolute Gasteiger partial charge is 0.359 e. The van der Waals surface area contributed by atoms with Gasteiger partial charge >= 0.3 is 0 Å². The Kier molecular flexibility index (Phi) is 7.93. The van der Waals surface area contributed by atoms with Gasteiger partial charge in [0, 0.05) is 0 Å². The summed E-state index contributed by atoms with van der Waals surface area (Å²) in [7, 11) is -3.96. The molecule has 0 heterocycles. The van der Waals surface area contributed by atoms with Crippen LogP contribution < -0.4 is 4.57 Å². The maximum absolute atomic E-state index is 16.2. The molecule has 16 heteroatoms. The zero-order valence-electron chi connectivity index (χ0n) is 21.4. The SMILES string of the molecule is CC[Si](CC)(CC)N(c1c(F)c(F)c(F)c(F)c1F)c1c(F)c(F)c2c(F)c3c(F)c(F)c(F)c(F)c3c(F)c2c1F. The number of hydrogen-bond acceptors (Lipinski definition) is 1. The third-order valence-electron chi connectivity index (χ3n) is 7.53. The summed E-state index contributed by atoms with van der Waals surface area (Å²) in [5.41, 5.74) is -3.88. The van der Waals surface area contributed by atoms with E-state index in [1.807, 2.05) is 0 Å². The van der Waals surface area contributed by atoms with Crippen LogP contribution in [0.3, 0.4) is 0 Å². The number of anilines is 2. The number of nitrogens with zero attached hydrogens (tertiary/aromatic N) is 1. The molecule has 0 aliphatic carbocycles. The Labute approximate surface area is 228 Å². The minimum absolute atomic E-state index is 0.000179. The first-order chi connectivity index (χ1) is 19.6. The fourth-order valence-electron chi connectivity index (χ4n) is 5.15. The molecule has 1 nitrogen and oxygen atoms in total. The van der Waals surface area contributed by atoms with Gasteiger partial charge in [-0.15, -0.1) is 0 Å². The highest BCUT2D eigenvalue weighted by Crippen LogP contribution is 2.48. The van der Waals surface area contributed by atoms with E-state index >= 15 is 30.7 Å². The standard InChI is InChI=1S/C26H15F14NSi/c1-4-42(5-2,6-3)41(26-23(39)20(36)19(35)21(37)24(26)40)25-16(32)10-9(15(31)22(25)38)11(27)7-8(12(10)28)14(30)18(34)17(33)13(7)29/h4-6H2,1-3H3. The number of benzene rings is 4. The van der Waals surface area contributed by atoms with Crippen molar-refractivity contribution < 1.29 is 61.5 Å². The first-order valence-corrected chi connectivity index (χ1v) is 14.6. The average molecular weight is 635 g/mol. The summed E-state index contributed by atoms with van der Waals surface area (Å²) in [6.07, 6.45) is 0. The van der Waals surface area contributed by atoms with E-state index < -0.39 is 123 Å². The molecular formula is C26H15F14NSi. The van der Waals surface area contributed by atoms with Crippen molar-refractivity contribution in [2.75, 3.05) is 4.57 Å². The van der Waals surface area contributed by atoms with Gasteiger partial charge < -0.3 is 4.57 Å². The molecule has 0 fully saturated rings. The van der Waals surface area contributed by atoms with Crippen LogP contribution in [0, 0.1) is 81.4 Å². The molecule has 226 valence electrons. The molecule has 4 aromatic carbocycles. The number of rotatable bonds is 6. The van der Waals surface area contributed by atoms with Crippen molar-refractivity contribution in [3.8, 4) is 0 Å². The third-order valence-corrected chi connectivity index (χ3v) is 12.9. The summed E-state index contributed by atoms with van der Waals surface area (Å²) in [5, 5.41) is -8.24. The van der Waals surface area contributed by atoms with E-state index in [9.17, 15) is 30.7 Å². The Balaban J connectivity index is 2.35. The van der Waals surface area contributed by atoms with Gasteiger partial charge in [-0.25, -0.2) is 61.5 Å². The summed E-state index contributed by atoms with van der Waals surface area (Å²) >= 11 is 0. The lowest BCUT2D eigenvalue weighted by atomic mass is 9.98. The fraction of sp³-hybridized carbons (Fsp3) is 0.231. The highest BCUT2D eigenvalue weighted by Gasteiger charge is 2.45. The van der Waals surface area contributed by atoms with Crippen LogP contribution in [-0.2, 0) is 0 Å². The highest BCUT2D eigenvalue weighted by molar-refractivity contribution is 6.84. The maximum Gasteiger partial charge on any atom is 0.200 e. The van der Waals surface area contributed by atoms with E-state index in [-0.39, 0.29) is 22.7 Å². The number of hydrogen-bond donors (Lipinski definition) is 0. The molecule has 4 aromatic rings. The zero-order chi connectivity index (χ0) is 31.7. The predicted molar refractivity (Wildman–Crippen MR) is 127 cm³/mol. The van der Waals surface area contributed by atoms with Gasteiger partial charge in [0.25, 0.3) is 0 Å². The molecule has 0 amide bonds. The smallest absolute Gasteiger partial charge is 0.200 e. The molecule has 0 radical (unpaired) electrons. The first-order valence-electron chi connectivity index (χ1n) is 12.0. The molecule has 0 aromatic heterocycles. The lowest BCUT2D eigenvalue weighted by Crippen LogP contribution is -2.51. The zero-order valence-corrected chi connectivity index (χ0v) is 22.4. The van der Waals surface area contributed by atoms with Gasteiger partial charge in [-0.3, -0.25) is 0 Å². The second kappa shape index (κ2) is 10.6. The van der Waals surface area contributed by atoms with Gasteiger partial charge in [0.1, 0.15) is 23.0 Å². The molecule has 42 heavy (non-hydrogen) atoms. The van der Waals surface area contributed by atoms with E-state index in [4.69, 9.17) is 0 Å². The van der Waals surface area contributed by atoms with E-state index in [0.717, 1.165) is 0 Å². The van der Waals surface area contributed by atoms with E-state index in [1.54, 1.807) is 0 Å². The molecule has 4 rings (SSSR count). The topological polar surface area (TPSA) is 3.24 Å². The molecule has 0 saturated heterocycles. The normalized spacial score (nSPS) is 12.2. The van der Waals surface area contributed by atoms with Gasteiger partial charge in [-0.2, -0.15) is 0 Å². The van der Waals surface area contributed by atoms with Crippen molar-refractivity contribution in [2.24, 2.45) is 0 Å². The molecule has 0 spiro atoms. The third kappa shape index (κ3) is 3.96. The van der Waals surface area contributed by atoms with Gasteiger partial charge in [0.05, 0.1) is 21.5 Å². The van der Waals surface area contributed by atoms with Crippen molar-refractivity contribution in [3.63, 3.8) is 0 Å². The molecule has 0 aliphatic heterocycles. The summed E-state index contributed by atoms with van der Waals surface area (Å²) in [6.45, 7) is 3.94. The Morgan fingerprint density at radius 2 is 0.571 bits per heavy atom. The molecule has 0 saturated carbocycles. The Morgan fingerprint density at radius 3 is 0.929 bits per heavy atom. The molecule has 0 aliphatic rings. The summed E-state index contributed by atoms with van der Waals surface area (Å²) < 4.78 is 207. The van der Waals surface area contributed by atoms with Gasteiger partial charge in [0.15, 0.2) is 72.2 Å². The van der Waals surface area contributed by atoms with Crippen LogP contribution in [0.4, 0.5) is 72.8 Å².